The Hall–Kier alpha value is -0.600. The van der Waals surface area contributed by atoms with Gasteiger partial charge in [-0.1, -0.05) is 23.2 Å². The summed E-state index contributed by atoms with van der Waals surface area (Å²) in [5, 5.41) is 0.798. The fourth-order valence-electron chi connectivity index (χ4n) is 0.754. The third kappa shape index (κ3) is 1.52. The molecule has 0 aliphatic heterocycles. The van der Waals surface area contributed by atoms with E-state index in [4.69, 9.17) is 33.7 Å². The van der Waals surface area contributed by atoms with Crippen LogP contribution in [0.15, 0.2) is 12.1 Å². The molecule has 0 bridgehead atoms. The summed E-state index contributed by atoms with van der Waals surface area (Å²) in [6, 6.07) is 3.27. The molecule has 0 atom stereocenters. The molecule has 0 saturated carbocycles. The van der Waals surface area contributed by atoms with Crippen LogP contribution in [0, 0.1) is 0 Å². The van der Waals surface area contributed by atoms with Crippen molar-refractivity contribution in [3.8, 4) is 5.75 Å². The molecule has 1 aromatic carbocycles. The topological polar surface area (TPSA) is 35.2 Å². The average molecular weight is 192 g/mol. The van der Waals surface area contributed by atoms with Gasteiger partial charge in [-0.05, 0) is 12.1 Å². The van der Waals surface area contributed by atoms with Crippen LogP contribution in [0.4, 0.5) is 5.69 Å². The van der Waals surface area contributed by atoms with E-state index in [9.17, 15) is 0 Å². The van der Waals surface area contributed by atoms with Crippen molar-refractivity contribution >= 4 is 28.9 Å². The van der Waals surface area contributed by atoms with Crippen molar-refractivity contribution in [2.24, 2.45) is 0 Å². The number of methoxy groups -OCH3 is 1. The lowest BCUT2D eigenvalue weighted by atomic mass is 10.3. The second kappa shape index (κ2) is 3.20. The number of nitrogens with two attached hydrogens (primary N) is 1. The molecular formula is C7H7Cl2NO. The van der Waals surface area contributed by atoms with E-state index in [1.54, 1.807) is 12.1 Å². The maximum Gasteiger partial charge on any atom is 0.161 e. The number of halogens is 2. The Balaban J connectivity index is 3.29. The molecule has 0 amide bonds. The van der Waals surface area contributed by atoms with Crippen LogP contribution in [-0.2, 0) is 0 Å². The summed E-state index contributed by atoms with van der Waals surface area (Å²) in [5.74, 6) is 0.430. The van der Waals surface area contributed by atoms with Gasteiger partial charge in [-0.2, -0.15) is 0 Å². The fraction of sp³-hybridized carbons (Fsp3) is 0.143. The lowest BCUT2D eigenvalue weighted by molar-refractivity contribution is 0.417. The molecule has 0 aliphatic rings. The summed E-state index contributed by atoms with van der Waals surface area (Å²) in [7, 11) is 1.49. The SMILES string of the molecule is COc1c(N)ccc(Cl)c1Cl. The second-order valence-corrected chi connectivity index (χ2v) is 2.77. The first kappa shape index (κ1) is 8.50. The minimum Gasteiger partial charge on any atom is -0.493 e. The molecule has 0 aromatic heterocycles. The zero-order valence-corrected chi connectivity index (χ0v) is 7.41. The van der Waals surface area contributed by atoms with Gasteiger partial charge in [0.15, 0.2) is 5.75 Å². The van der Waals surface area contributed by atoms with Gasteiger partial charge in [0.05, 0.1) is 17.8 Å². The summed E-state index contributed by atoms with van der Waals surface area (Å²) in [5.41, 5.74) is 6.02. The molecule has 0 saturated heterocycles. The van der Waals surface area contributed by atoms with Crippen molar-refractivity contribution in [1.82, 2.24) is 0 Å². The lowest BCUT2D eigenvalue weighted by Crippen LogP contribution is -1.92. The normalized spacial score (nSPS) is 9.73. The van der Waals surface area contributed by atoms with Gasteiger partial charge in [0, 0.05) is 0 Å². The maximum absolute atomic E-state index is 5.76. The summed E-state index contributed by atoms with van der Waals surface area (Å²) < 4.78 is 4.92. The van der Waals surface area contributed by atoms with Crippen molar-refractivity contribution in [1.29, 1.82) is 0 Å². The van der Waals surface area contributed by atoms with Gasteiger partial charge in [0.1, 0.15) is 5.02 Å². The molecule has 1 rings (SSSR count). The summed E-state index contributed by atoms with van der Waals surface area (Å²) in [6.07, 6.45) is 0. The predicted molar refractivity (Wildman–Crippen MR) is 47.4 cm³/mol. The Bertz CT molecular complexity index is 275. The van der Waals surface area contributed by atoms with Crippen molar-refractivity contribution in [3.63, 3.8) is 0 Å². The number of anilines is 1. The van der Waals surface area contributed by atoms with Crippen molar-refractivity contribution < 1.29 is 4.74 Å². The highest BCUT2D eigenvalue weighted by Gasteiger charge is 2.07. The molecule has 4 heteroatoms. The molecule has 1 aromatic rings. The van der Waals surface area contributed by atoms with Crippen LogP contribution >= 0.6 is 23.2 Å². The Morgan fingerprint density at radius 2 is 2.00 bits per heavy atom. The zero-order valence-electron chi connectivity index (χ0n) is 5.90. The minimum atomic E-state index is 0.356. The number of hydrogen-bond acceptors (Lipinski definition) is 2. The molecule has 11 heavy (non-hydrogen) atoms. The van der Waals surface area contributed by atoms with Gasteiger partial charge in [-0.15, -0.1) is 0 Å². The molecule has 2 nitrogen and oxygen atoms in total. The molecular weight excluding hydrogens is 185 g/mol. The van der Waals surface area contributed by atoms with Crippen LogP contribution < -0.4 is 10.5 Å². The van der Waals surface area contributed by atoms with Crippen molar-refractivity contribution in [3.05, 3.63) is 22.2 Å². The number of ether oxygens (including phenoxy) is 1. The van der Waals surface area contributed by atoms with Gasteiger partial charge in [0.2, 0.25) is 0 Å². The molecule has 0 fully saturated rings. The highest BCUT2D eigenvalue weighted by Crippen LogP contribution is 2.36. The maximum atomic E-state index is 5.76. The standard InChI is InChI=1S/C7H7Cl2NO/c1-11-7-5(10)3-2-4(8)6(7)9/h2-3H,10H2,1H3. The molecule has 60 valence electrons. The smallest absolute Gasteiger partial charge is 0.161 e. The van der Waals surface area contributed by atoms with E-state index in [0.29, 0.717) is 21.5 Å². The monoisotopic (exact) mass is 191 g/mol. The lowest BCUT2D eigenvalue weighted by Gasteiger charge is -2.06. The highest BCUT2D eigenvalue weighted by atomic mass is 35.5. The zero-order chi connectivity index (χ0) is 8.43. The van der Waals surface area contributed by atoms with Gasteiger partial charge in [-0.25, -0.2) is 0 Å². The van der Waals surface area contributed by atoms with Gasteiger partial charge in [0.25, 0.3) is 0 Å². The summed E-state index contributed by atoms with van der Waals surface area (Å²) >= 11 is 11.5. The van der Waals surface area contributed by atoms with E-state index < -0.39 is 0 Å². The number of benzene rings is 1. The van der Waals surface area contributed by atoms with Crippen LogP contribution in [0.2, 0.25) is 10.0 Å². The first-order chi connectivity index (χ1) is 5.16. The number of hydrogen-bond donors (Lipinski definition) is 1. The average Bonchev–Trinajstić information content (AvgIpc) is 1.99. The molecule has 0 heterocycles. The number of rotatable bonds is 1. The Morgan fingerprint density at radius 3 is 2.45 bits per heavy atom. The van der Waals surface area contributed by atoms with E-state index in [1.807, 2.05) is 0 Å². The summed E-state index contributed by atoms with van der Waals surface area (Å²) in [6.45, 7) is 0. The van der Waals surface area contributed by atoms with E-state index in [1.165, 1.54) is 7.11 Å². The van der Waals surface area contributed by atoms with Gasteiger partial charge >= 0.3 is 0 Å². The second-order valence-electron chi connectivity index (χ2n) is 1.98. The molecule has 0 aliphatic carbocycles. The third-order valence-electron chi connectivity index (χ3n) is 1.28. The van der Waals surface area contributed by atoms with Crippen LogP contribution in [0.25, 0.3) is 0 Å². The van der Waals surface area contributed by atoms with Crippen LogP contribution in [0.5, 0.6) is 5.75 Å². The van der Waals surface area contributed by atoms with E-state index in [0.717, 1.165) is 0 Å². The molecule has 0 radical (unpaired) electrons. The highest BCUT2D eigenvalue weighted by molar-refractivity contribution is 6.43. The van der Waals surface area contributed by atoms with Crippen molar-refractivity contribution in [2.75, 3.05) is 12.8 Å². The largest absolute Gasteiger partial charge is 0.493 e. The van der Waals surface area contributed by atoms with Crippen LogP contribution in [0.3, 0.4) is 0 Å². The van der Waals surface area contributed by atoms with E-state index in [-0.39, 0.29) is 0 Å². The van der Waals surface area contributed by atoms with Gasteiger partial charge in [-0.3, -0.25) is 0 Å². The van der Waals surface area contributed by atoms with Gasteiger partial charge < -0.3 is 10.5 Å². The van der Waals surface area contributed by atoms with E-state index >= 15 is 0 Å². The molecule has 0 unspecified atom stereocenters. The third-order valence-corrected chi connectivity index (χ3v) is 2.07. The fourth-order valence-corrected chi connectivity index (χ4v) is 1.15. The van der Waals surface area contributed by atoms with Crippen molar-refractivity contribution in [2.45, 2.75) is 0 Å². The molecule has 0 spiro atoms. The van der Waals surface area contributed by atoms with E-state index in [2.05, 4.69) is 0 Å². The quantitative estimate of drug-likeness (QED) is 0.694. The first-order valence-electron chi connectivity index (χ1n) is 2.94. The van der Waals surface area contributed by atoms with Crippen LogP contribution in [-0.4, -0.2) is 7.11 Å². The van der Waals surface area contributed by atoms with Crippen LogP contribution in [0.1, 0.15) is 0 Å². The first-order valence-corrected chi connectivity index (χ1v) is 3.70. The Labute approximate surface area is 74.9 Å². The Kier molecular flexibility index (Phi) is 2.47. The Morgan fingerprint density at radius 1 is 1.36 bits per heavy atom. The molecule has 2 N–H and O–H groups in total. The minimum absolute atomic E-state index is 0.356. The predicted octanol–water partition coefficient (Wildman–Crippen LogP) is 2.58. The number of nitrogen functional groups attached to an aromatic ring is 1. The summed E-state index contributed by atoms with van der Waals surface area (Å²) in [4.78, 5) is 0.